The molecule has 0 bridgehead atoms. The van der Waals surface area contributed by atoms with Crippen molar-refractivity contribution in [3.05, 3.63) is 95.6 Å². The van der Waals surface area contributed by atoms with Crippen LogP contribution in [0.4, 0.5) is 0 Å². The highest BCUT2D eigenvalue weighted by Gasteiger charge is 2.13. The molecule has 0 unspecified atom stereocenters. The lowest BCUT2D eigenvalue weighted by Gasteiger charge is -2.09. The quantitative estimate of drug-likeness (QED) is 0.398. The van der Waals surface area contributed by atoms with Crippen molar-refractivity contribution in [1.29, 1.82) is 0 Å². The molecule has 29 heavy (non-hydrogen) atoms. The predicted molar refractivity (Wildman–Crippen MR) is 115 cm³/mol. The van der Waals surface area contributed by atoms with Crippen molar-refractivity contribution in [2.75, 3.05) is 0 Å². The monoisotopic (exact) mass is 381 g/mol. The molecule has 0 radical (unpaired) electrons. The molecule has 4 aromatic rings. The Hall–Kier alpha value is -3.99. The maximum absolute atomic E-state index is 12.9. The molecule has 0 saturated carbocycles. The van der Waals surface area contributed by atoms with Crippen molar-refractivity contribution < 1.29 is 9.90 Å². The SMILES string of the molecule is Cc1ccc(-c2cc(C(=O)N/N=C/c3ccccc3O)c3ccccc3n2)cc1. The van der Waals surface area contributed by atoms with Crippen LogP contribution in [0.5, 0.6) is 5.75 Å². The first-order valence-corrected chi connectivity index (χ1v) is 9.20. The number of carbonyl (C=O) groups excluding carboxylic acids is 1. The van der Waals surface area contributed by atoms with Crippen molar-refractivity contribution in [3.8, 4) is 17.0 Å². The molecule has 0 aliphatic rings. The van der Waals surface area contributed by atoms with Crippen LogP contribution in [0.15, 0.2) is 84.0 Å². The average molecular weight is 381 g/mol. The van der Waals surface area contributed by atoms with E-state index in [1.54, 1.807) is 30.3 Å². The number of nitrogens with one attached hydrogen (secondary N) is 1. The molecule has 1 amide bonds. The first-order valence-electron chi connectivity index (χ1n) is 9.20. The third-order valence-electron chi connectivity index (χ3n) is 4.61. The minimum absolute atomic E-state index is 0.0986. The van der Waals surface area contributed by atoms with Crippen LogP contribution in [0.2, 0.25) is 0 Å². The summed E-state index contributed by atoms with van der Waals surface area (Å²) >= 11 is 0. The number of para-hydroxylation sites is 2. The van der Waals surface area contributed by atoms with Gasteiger partial charge in [0, 0.05) is 16.5 Å². The summed E-state index contributed by atoms with van der Waals surface area (Å²) in [6, 6.07) is 24.1. The minimum atomic E-state index is -0.344. The number of hydrogen-bond donors (Lipinski definition) is 2. The third kappa shape index (κ3) is 3.99. The summed E-state index contributed by atoms with van der Waals surface area (Å²) in [5.41, 5.74) is 7.11. The first kappa shape index (κ1) is 18.4. The average Bonchev–Trinajstić information content (AvgIpc) is 2.74. The van der Waals surface area contributed by atoms with E-state index < -0.39 is 0 Å². The van der Waals surface area contributed by atoms with E-state index in [1.165, 1.54) is 6.21 Å². The zero-order chi connectivity index (χ0) is 20.2. The minimum Gasteiger partial charge on any atom is -0.507 e. The Kier molecular flexibility index (Phi) is 5.03. The molecule has 1 aromatic heterocycles. The molecule has 0 atom stereocenters. The number of fused-ring (bicyclic) bond motifs is 1. The van der Waals surface area contributed by atoms with Gasteiger partial charge in [-0.25, -0.2) is 10.4 Å². The molecular weight excluding hydrogens is 362 g/mol. The van der Waals surface area contributed by atoms with Gasteiger partial charge in [0.15, 0.2) is 0 Å². The lowest BCUT2D eigenvalue weighted by Crippen LogP contribution is -2.18. The second kappa shape index (κ2) is 7.94. The smallest absolute Gasteiger partial charge is 0.272 e. The van der Waals surface area contributed by atoms with Gasteiger partial charge in [-0.3, -0.25) is 4.79 Å². The van der Waals surface area contributed by atoms with Gasteiger partial charge >= 0.3 is 0 Å². The Balaban J connectivity index is 1.69. The van der Waals surface area contributed by atoms with E-state index in [4.69, 9.17) is 4.98 Å². The molecule has 5 nitrogen and oxygen atoms in total. The summed E-state index contributed by atoms with van der Waals surface area (Å²) in [6.45, 7) is 2.03. The number of hydrazone groups is 1. The maximum atomic E-state index is 12.9. The molecule has 142 valence electrons. The number of amides is 1. The van der Waals surface area contributed by atoms with E-state index in [1.807, 2.05) is 55.5 Å². The van der Waals surface area contributed by atoms with Crippen molar-refractivity contribution in [3.63, 3.8) is 0 Å². The van der Waals surface area contributed by atoms with E-state index >= 15 is 0 Å². The molecule has 5 heteroatoms. The van der Waals surface area contributed by atoms with Gasteiger partial charge in [0.05, 0.1) is 23.0 Å². The van der Waals surface area contributed by atoms with Gasteiger partial charge in [0.1, 0.15) is 5.75 Å². The van der Waals surface area contributed by atoms with Crippen LogP contribution in [-0.4, -0.2) is 22.2 Å². The highest BCUT2D eigenvalue weighted by atomic mass is 16.3. The largest absolute Gasteiger partial charge is 0.507 e. The molecule has 0 aliphatic carbocycles. The molecule has 2 N–H and O–H groups in total. The Morgan fingerprint density at radius 3 is 2.52 bits per heavy atom. The van der Waals surface area contributed by atoms with Crippen LogP contribution in [0.3, 0.4) is 0 Å². The summed E-state index contributed by atoms with van der Waals surface area (Å²) in [7, 11) is 0. The normalized spacial score (nSPS) is 11.1. The summed E-state index contributed by atoms with van der Waals surface area (Å²) in [5.74, 6) is -0.245. The van der Waals surface area contributed by atoms with Crippen molar-refractivity contribution in [1.82, 2.24) is 10.4 Å². The number of pyridine rings is 1. The number of nitrogens with zero attached hydrogens (tertiary/aromatic N) is 2. The number of benzene rings is 3. The topological polar surface area (TPSA) is 74.6 Å². The van der Waals surface area contributed by atoms with Crippen LogP contribution < -0.4 is 5.43 Å². The molecule has 0 saturated heterocycles. The van der Waals surface area contributed by atoms with Crippen LogP contribution in [0.1, 0.15) is 21.5 Å². The fraction of sp³-hybridized carbons (Fsp3) is 0.0417. The number of phenols is 1. The zero-order valence-corrected chi connectivity index (χ0v) is 15.8. The van der Waals surface area contributed by atoms with Crippen LogP contribution in [0.25, 0.3) is 22.2 Å². The molecule has 3 aromatic carbocycles. The van der Waals surface area contributed by atoms with Gasteiger partial charge in [-0.1, -0.05) is 60.2 Å². The Morgan fingerprint density at radius 2 is 1.72 bits per heavy atom. The number of aromatic hydroxyl groups is 1. The van der Waals surface area contributed by atoms with Gasteiger partial charge in [0.2, 0.25) is 0 Å². The fourth-order valence-corrected chi connectivity index (χ4v) is 3.05. The van der Waals surface area contributed by atoms with Gasteiger partial charge in [0.25, 0.3) is 5.91 Å². The van der Waals surface area contributed by atoms with E-state index in [-0.39, 0.29) is 11.7 Å². The fourth-order valence-electron chi connectivity index (χ4n) is 3.05. The molecule has 1 heterocycles. The lowest BCUT2D eigenvalue weighted by atomic mass is 10.0. The van der Waals surface area contributed by atoms with E-state index in [2.05, 4.69) is 10.5 Å². The van der Waals surface area contributed by atoms with Crippen LogP contribution in [-0.2, 0) is 0 Å². The maximum Gasteiger partial charge on any atom is 0.272 e. The highest BCUT2D eigenvalue weighted by molar-refractivity contribution is 6.07. The number of hydrogen-bond acceptors (Lipinski definition) is 4. The van der Waals surface area contributed by atoms with Crippen LogP contribution in [0, 0.1) is 6.92 Å². The summed E-state index contributed by atoms with van der Waals surface area (Å²) < 4.78 is 0. The van der Waals surface area contributed by atoms with Crippen molar-refractivity contribution in [2.24, 2.45) is 5.10 Å². The van der Waals surface area contributed by atoms with E-state index in [0.717, 1.165) is 27.7 Å². The number of rotatable bonds is 4. The molecule has 0 spiro atoms. The van der Waals surface area contributed by atoms with Gasteiger partial charge in [-0.2, -0.15) is 5.10 Å². The number of phenolic OH excluding ortho intramolecular Hbond substituents is 1. The highest BCUT2D eigenvalue weighted by Crippen LogP contribution is 2.25. The predicted octanol–water partition coefficient (Wildman–Crippen LogP) is 4.68. The standard InChI is InChI=1S/C24H19N3O2/c1-16-10-12-17(13-11-16)22-14-20(19-7-3-4-8-21(19)26-22)24(29)27-25-15-18-6-2-5-9-23(18)28/h2-15,28H,1H3,(H,27,29)/b25-15+. The van der Waals surface area contributed by atoms with Crippen molar-refractivity contribution >= 4 is 23.0 Å². The van der Waals surface area contributed by atoms with E-state index in [9.17, 15) is 9.90 Å². The van der Waals surface area contributed by atoms with Crippen molar-refractivity contribution in [2.45, 2.75) is 6.92 Å². The number of carbonyl (C=O) groups is 1. The third-order valence-corrected chi connectivity index (χ3v) is 4.61. The summed E-state index contributed by atoms with van der Waals surface area (Å²) in [5, 5.41) is 14.5. The van der Waals surface area contributed by atoms with Gasteiger partial charge < -0.3 is 5.11 Å². The van der Waals surface area contributed by atoms with Crippen LogP contribution >= 0.6 is 0 Å². The lowest BCUT2D eigenvalue weighted by molar-refractivity contribution is 0.0956. The molecular formula is C24H19N3O2. The summed E-state index contributed by atoms with van der Waals surface area (Å²) in [6.07, 6.45) is 1.41. The Labute approximate surface area is 168 Å². The second-order valence-corrected chi connectivity index (χ2v) is 6.70. The zero-order valence-electron chi connectivity index (χ0n) is 15.8. The van der Waals surface area contributed by atoms with E-state index in [0.29, 0.717) is 11.1 Å². The first-order chi connectivity index (χ1) is 14.1. The summed E-state index contributed by atoms with van der Waals surface area (Å²) in [4.78, 5) is 17.6. The second-order valence-electron chi connectivity index (χ2n) is 6.70. The Morgan fingerprint density at radius 1 is 1.00 bits per heavy atom. The molecule has 0 aliphatic heterocycles. The Bertz CT molecular complexity index is 1210. The molecule has 0 fully saturated rings. The number of aromatic nitrogens is 1. The van der Waals surface area contributed by atoms with Gasteiger partial charge in [-0.05, 0) is 31.2 Å². The molecule has 4 rings (SSSR count). The van der Waals surface area contributed by atoms with Gasteiger partial charge in [-0.15, -0.1) is 0 Å². The number of aryl methyl sites for hydroxylation is 1.